The number of rotatable bonds is 0. The molecule has 3 heteroatoms. The lowest BCUT2D eigenvalue weighted by Crippen LogP contribution is -2.39. The van der Waals surface area contributed by atoms with E-state index in [0.29, 0.717) is 11.1 Å². The van der Waals surface area contributed by atoms with Gasteiger partial charge < -0.3 is 4.74 Å². The lowest BCUT2D eigenvalue weighted by molar-refractivity contribution is 0.0511. The highest BCUT2D eigenvalue weighted by Gasteiger charge is 2.60. The number of fused-ring (bicyclic) bond motifs is 9. The van der Waals surface area contributed by atoms with Gasteiger partial charge in [0.05, 0.1) is 24.0 Å². The summed E-state index contributed by atoms with van der Waals surface area (Å²) in [6.07, 6.45) is -0.526. The third kappa shape index (κ3) is 1.23. The molecule has 0 N–H and O–H groups in total. The van der Waals surface area contributed by atoms with E-state index in [0.717, 1.165) is 11.1 Å². The summed E-state index contributed by atoms with van der Waals surface area (Å²) in [7, 11) is 0. The molecular formula is C18H12O3. The monoisotopic (exact) mass is 276 g/mol. The maximum atomic E-state index is 12.8. The molecule has 3 aliphatic rings. The van der Waals surface area contributed by atoms with Gasteiger partial charge >= 0.3 is 0 Å². The maximum Gasteiger partial charge on any atom is 0.170 e. The minimum absolute atomic E-state index is 0.0530. The molecule has 1 aliphatic carbocycles. The Labute approximate surface area is 121 Å². The number of carbonyl (C=O) groups is 2. The number of carbonyl (C=O) groups excluding carboxylic acids is 2. The van der Waals surface area contributed by atoms with Crippen LogP contribution in [0.15, 0.2) is 48.5 Å². The van der Waals surface area contributed by atoms with Crippen molar-refractivity contribution in [2.45, 2.75) is 12.2 Å². The van der Waals surface area contributed by atoms with Crippen LogP contribution in [-0.2, 0) is 4.74 Å². The first-order valence-corrected chi connectivity index (χ1v) is 7.19. The second-order valence-corrected chi connectivity index (χ2v) is 5.93. The van der Waals surface area contributed by atoms with Crippen LogP contribution in [0.3, 0.4) is 0 Å². The van der Waals surface area contributed by atoms with Gasteiger partial charge in [0.25, 0.3) is 0 Å². The van der Waals surface area contributed by atoms with Crippen molar-refractivity contribution in [2.24, 2.45) is 11.8 Å². The fourth-order valence-electron chi connectivity index (χ4n) is 4.14. The van der Waals surface area contributed by atoms with E-state index in [1.807, 2.05) is 36.4 Å². The quantitative estimate of drug-likeness (QED) is 0.742. The van der Waals surface area contributed by atoms with Gasteiger partial charge in [0.2, 0.25) is 0 Å². The van der Waals surface area contributed by atoms with Crippen molar-refractivity contribution in [3.8, 4) is 0 Å². The highest BCUT2D eigenvalue weighted by atomic mass is 16.5. The van der Waals surface area contributed by atoms with Crippen molar-refractivity contribution < 1.29 is 14.3 Å². The molecule has 4 atom stereocenters. The number of hydrogen-bond acceptors (Lipinski definition) is 3. The van der Waals surface area contributed by atoms with Gasteiger partial charge in [-0.2, -0.15) is 0 Å². The maximum absolute atomic E-state index is 12.8. The van der Waals surface area contributed by atoms with E-state index in [2.05, 4.69) is 0 Å². The van der Waals surface area contributed by atoms with Crippen molar-refractivity contribution in [3.63, 3.8) is 0 Å². The van der Waals surface area contributed by atoms with Gasteiger partial charge in [-0.1, -0.05) is 48.5 Å². The Morgan fingerprint density at radius 1 is 0.667 bits per heavy atom. The van der Waals surface area contributed by atoms with Gasteiger partial charge in [-0.3, -0.25) is 9.59 Å². The fraction of sp³-hybridized carbons (Fsp3) is 0.222. The Morgan fingerprint density at radius 3 is 1.57 bits per heavy atom. The van der Waals surface area contributed by atoms with Crippen molar-refractivity contribution in [3.05, 3.63) is 70.8 Å². The average Bonchev–Trinajstić information content (AvgIpc) is 3.10. The number of Topliss-reactive ketones (excluding diaryl/α,β-unsaturated/α-hetero) is 2. The average molecular weight is 276 g/mol. The zero-order valence-corrected chi connectivity index (χ0v) is 11.2. The summed E-state index contributed by atoms with van der Waals surface area (Å²) in [4.78, 5) is 25.6. The van der Waals surface area contributed by atoms with Crippen LogP contribution < -0.4 is 0 Å². The SMILES string of the molecule is O=C1c2ccccc2C(=O)C2C3OC(c4ccccc43)C12. The van der Waals surface area contributed by atoms with Crippen LogP contribution in [0, 0.1) is 11.8 Å². The van der Waals surface area contributed by atoms with Crippen molar-refractivity contribution in [2.75, 3.05) is 0 Å². The smallest absolute Gasteiger partial charge is 0.170 e. The molecule has 0 radical (unpaired) electrons. The van der Waals surface area contributed by atoms with Gasteiger partial charge in [-0.25, -0.2) is 0 Å². The Hall–Kier alpha value is -2.26. The minimum Gasteiger partial charge on any atom is -0.364 e. The Balaban J connectivity index is 1.74. The summed E-state index contributed by atoms with van der Waals surface area (Å²) in [5, 5.41) is 0. The van der Waals surface area contributed by atoms with Gasteiger partial charge in [0.1, 0.15) is 0 Å². The molecule has 5 rings (SSSR count). The zero-order valence-electron chi connectivity index (χ0n) is 11.2. The number of hydrogen-bond donors (Lipinski definition) is 0. The van der Waals surface area contributed by atoms with Gasteiger partial charge in [-0.15, -0.1) is 0 Å². The molecule has 0 aromatic heterocycles. The van der Waals surface area contributed by atoms with Crippen LogP contribution in [0.2, 0.25) is 0 Å². The first-order chi connectivity index (χ1) is 10.3. The van der Waals surface area contributed by atoms with Gasteiger partial charge in [-0.05, 0) is 11.1 Å². The van der Waals surface area contributed by atoms with Crippen LogP contribution in [0.25, 0.3) is 0 Å². The fourth-order valence-corrected chi connectivity index (χ4v) is 4.14. The van der Waals surface area contributed by atoms with Crippen LogP contribution in [0.1, 0.15) is 44.1 Å². The first kappa shape index (κ1) is 11.4. The lowest BCUT2D eigenvalue weighted by atomic mass is 9.66. The van der Waals surface area contributed by atoms with E-state index < -0.39 is 0 Å². The third-order valence-corrected chi connectivity index (χ3v) is 5.00. The van der Waals surface area contributed by atoms with Crippen LogP contribution >= 0.6 is 0 Å². The zero-order chi connectivity index (χ0) is 14.1. The molecule has 4 unspecified atom stereocenters. The van der Waals surface area contributed by atoms with E-state index >= 15 is 0 Å². The van der Waals surface area contributed by atoms with E-state index in [1.165, 1.54) is 0 Å². The van der Waals surface area contributed by atoms with Crippen molar-refractivity contribution in [1.29, 1.82) is 0 Å². The minimum atomic E-state index is -0.354. The molecule has 0 saturated carbocycles. The highest BCUT2D eigenvalue weighted by Crippen LogP contribution is 2.60. The third-order valence-electron chi connectivity index (χ3n) is 5.00. The molecule has 0 spiro atoms. The molecule has 3 nitrogen and oxygen atoms in total. The lowest BCUT2D eigenvalue weighted by Gasteiger charge is -2.32. The summed E-state index contributed by atoms with van der Waals surface area (Å²) >= 11 is 0. The molecule has 2 bridgehead atoms. The second-order valence-electron chi connectivity index (χ2n) is 5.93. The Morgan fingerprint density at radius 2 is 1.10 bits per heavy atom. The summed E-state index contributed by atoms with van der Waals surface area (Å²) in [5.41, 5.74) is 3.25. The molecule has 1 saturated heterocycles. The molecule has 0 amide bonds. The summed E-state index contributed by atoms with van der Waals surface area (Å²) in [6.45, 7) is 0. The Bertz CT molecular complexity index is 742. The predicted octanol–water partition coefficient (Wildman–Crippen LogP) is 3.12. The molecule has 2 aliphatic heterocycles. The van der Waals surface area contributed by atoms with Gasteiger partial charge in [0.15, 0.2) is 11.6 Å². The topological polar surface area (TPSA) is 43.4 Å². The van der Waals surface area contributed by atoms with Crippen LogP contribution in [0.4, 0.5) is 0 Å². The Kier molecular flexibility index (Phi) is 2.00. The van der Waals surface area contributed by atoms with Crippen molar-refractivity contribution >= 4 is 11.6 Å². The first-order valence-electron chi connectivity index (χ1n) is 7.19. The number of ether oxygens (including phenoxy) is 1. The summed E-state index contributed by atoms with van der Waals surface area (Å²) in [5.74, 6) is -0.603. The summed E-state index contributed by atoms with van der Waals surface area (Å²) < 4.78 is 6.02. The van der Waals surface area contributed by atoms with E-state index in [4.69, 9.17) is 4.74 Å². The number of benzene rings is 2. The largest absolute Gasteiger partial charge is 0.364 e. The van der Waals surface area contributed by atoms with E-state index in [9.17, 15) is 9.59 Å². The molecule has 1 fully saturated rings. The summed E-state index contributed by atoms with van der Waals surface area (Å²) in [6, 6.07) is 15.1. The molecule has 102 valence electrons. The molecule has 21 heavy (non-hydrogen) atoms. The molecular weight excluding hydrogens is 264 g/mol. The van der Waals surface area contributed by atoms with E-state index in [1.54, 1.807) is 12.1 Å². The van der Waals surface area contributed by atoms with Gasteiger partial charge in [0, 0.05) is 11.1 Å². The normalized spacial score (nSPS) is 31.8. The predicted molar refractivity (Wildman–Crippen MR) is 75.1 cm³/mol. The van der Waals surface area contributed by atoms with E-state index in [-0.39, 0.29) is 35.6 Å². The van der Waals surface area contributed by atoms with Crippen LogP contribution in [0.5, 0.6) is 0 Å². The molecule has 2 heterocycles. The van der Waals surface area contributed by atoms with Crippen molar-refractivity contribution in [1.82, 2.24) is 0 Å². The molecule has 2 aromatic carbocycles. The standard InChI is InChI=1S/C18H12O3/c19-15-9-5-1-2-6-10(9)16(20)14-13(15)17-11-7-3-4-8-12(11)18(14)21-17/h1-8,13-14,17-18H. The molecule has 2 aromatic rings. The highest BCUT2D eigenvalue weighted by molar-refractivity contribution is 6.17. The number of ketones is 2. The van der Waals surface area contributed by atoms with Crippen LogP contribution in [-0.4, -0.2) is 11.6 Å². The second kappa shape index (κ2) is 3.68.